The van der Waals surface area contributed by atoms with Gasteiger partial charge in [0.15, 0.2) is 0 Å². The first-order valence-electron chi connectivity index (χ1n) is 6.04. The second-order valence-electron chi connectivity index (χ2n) is 4.26. The monoisotopic (exact) mass is 249 g/mol. The lowest BCUT2D eigenvalue weighted by Crippen LogP contribution is -2.53. The largest absolute Gasteiger partial charge is 0.326 e. The van der Waals surface area contributed by atoms with Crippen molar-refractivity contribution in [3.63, 3.8) is 0 Å². The van der Waals surface area contributed by atoms with Crippen LogP contribution in [0.1, 0.15) is 39.5 Å². The van der Waals surface area contributed by atoms with Gasteiger partial charge >= 0.3 is 0 Å². The van der Waals surface area contributed by atoms with Crippen molar-refractivity contribution in [1.82, 2.24) is 9.03 Å². The predicted octanol–water partition coefficient (Wildman–Crippen LogP) is 0.433. The number of hydrogen-bond donors (Lipinski definition) is 2. The summed E-state index contributed by atoms with van der Waals surface area (Å²) in [6.07, 6.45) is 3.91. The Labute approximate surface area is 98.6 Å². The minimum atomic E-state index is -3.35. The van der Waals surface area contributed by atoms with Crippen molar-refractivity contribution in [3.8, 4) is 0 Å². The maximum Gasteiger partial charge on any atom is 0.279 e. The molecule has 0 radical (unpaired) electrons. The molecule has 1 saturated carbocycles. The molecule has 0 unspecified atom stereocenters. The third-order valence-corrected chi connectivity index (χ3v) is 4.96. The fraction of sp³-hybridized carbons (Fsp3) is 1.00. The standard InChI is InChI=1S/C10H23N3O2S/c1-3-13(4-2)16(14,15)12-10-8-6-5-7-9(10)11/h9-10,12H,3-8,11H2,1-2H3/t9-,10-/m1/s1. The quantitative estimate of drug-likeness (QED) is 0.742. The molecule has 1 rings (SSSR count). The maximum absolute atomic E-state index is 12.0. The summed E-state index contributed by atoms with van der Waals surface area (Å²) < 4.78 is 28.1. The molecule has 5 nitrogen and oxygen atoms in total. The van der Waals surface area contributed by atoms with Gasteiger partial charge in [0.05, 0.1) is 0 Å². The van der Waals surface area contributed by atoms with Crippen LogP contribution < -0.4 is 10.5 Å². The molecule has 0 saturated heterocycles. The Morgan fingerprint density at radius 2 is 1.81 bits per heavy atom. The van der Waals surface area contributed by atoms with Crippen LogP contribution in [0.15, 0.2) is 0 Å². The van der Waals surface area contributed by atoms with Crippen LogP contribution in [0.2, 0.25) is 0 Å². The fourth-order valence-electron chi connectivity index (χ4n) is 2.14. The minimum Gasteiger partial charge on any atom is -0.326 e. The lowest BCUT2D eigenvalue weighted by molar-refractivity contribution is 0.347. The van der Waals surface area contributed by atoms with E-state index in [0.29, 0.717) is 13.1 Å². The van der Waals surface area contributed by atoms with Crippen molar-refractivity contribution >= 4 is 10.2 Å². The molecule has 0 amide bonds. The first kappa shape index (κ1) is 13.9. The first-order valence-corrected chi connectivity index (χ1v) is 7.48. The van der Waals surface area contributed by atoms with Gasteiger partial charge in [0.25, 0.3) is 10.2 Å². The molecule has 0 aromatic heterocycles. The molecule has 0 bridgehead atoms. The average Bonchev–Trinajstić information content (AvgIpc) is 2.22. The smallest absolute Gasteiger partial charge is 0.279 e. The van der Waals surface area contributed by atoms with Gasteiger partial charge in [-0.25, -0.2) is 0 Å². The summed E-state index contributed by atoms with van der Waals surface area (Å²) in [5.41, 5.74) is 5.92. The highest BCUT2D eigenvalue weighted by Gasteiger charge is 2.28. The summed E-state index contributed by atoms with van der Waals surface area (Å²) >= 11 is 0. The average molecular weight is 249 g/mol. The zero-order valence-corrected chi connectivity index (χ0v) is 11.0. The second kappa shape index (κ2) is 5.95. The molecule has 1 fully saturated rings. The Morgan fingerprint density at radius 3 is 2.31 bits per heavy atom. The second-order valence-corrected chi connectivity index (χ2v) is 5.96. The highest BCUT2D eigenvalue weighted by atomic mass is 32.2. The summed E-state index contributed by atoms with van der Waals surface area (Å²) in [6.45, 7) is 4.66. The maximum atomic E-state index is 12.0. The fourth-order valence-corrected chi connectivity index (χ4v) is 3.64. The Hall–Kier alpha value is -0.170. The number of nitrogens with zero attached hydrogens (tertiary/aromatic N) is 1. The predicted molar refractivity (Wildman–Crippen MR) is 65.2 cm³/mol. The zero-order valence-electron chi connectivity index (χ0n) is 10.1. The van der Waals surface area contributed by atoms with Gasteiger partial charge in [-0.05, 0) is 12.8 Å². The van der Waals surface area contributed by atoms with E-state index in [4.69, 9.17) is 5.73 Å². The molecule has 16 heavy (non-hydrogen) atoms. The van der Waals surface area contributed by atoms with E-state index < -0.39 is 10.2 Å². The minimum absolute atomic E-state index is 0.0425. The van der Waals surface area contributed by atoms with Crippen molar-refractivity contribution < 1.29 is 8.42 Å². The van der Waals surface area contributed by atoms with Crippen LogP contribution >= 0.6 is 0 Å². The van der Waals surface area contributed by atoms with E-state index in [9.17, 15) is 8.42 Å². The van der Waals surface area contributed by atoms with Gasteiger partial charge < -0.3 is 5.73 Å². The van der Waals surface area contributed by atoms with Crippen LogP contribution in [-0.2, 0) is 10.2 Å². The summed E-state index contributed by atoms with van der Waals surface area (Å²) in [5.74, 6) is 0. The Balaban J connectivity index is 2.63. The molecule has 0 heterocycles. The Morgan fingerprint density at radius 1 is 1.25 bits per heavy atom. The van der Waals surface area contributed by atoms with Gasteiger partial charge in [0.1, 0.15) is 0 Å². The highest BCUT2D eigenvalue weighted by Crippen LogP contribution is 2.18. The summed E-state index contributed by atoms with van der Waals surface area (Å²) in [6, 6.07) is -0.140. The summed E-state index contributed by atoms with van der Waals surface area (Å²) in [5, 5.41) is 0. The van der Waals surface area contributed by atoms with Crippen LogP contribution in [0.4, 0.5) is 0 Å². The third kappa shape index (κ3) is 3.41. The van der Waals surface area contributed by atoms with Crippen molar-refractivity contribution in [3.05, 3.63) is 0 Å². The van der Waals surface area contributed by atoms with Gasteiger partial charge in [0, 0.05) is 25.2 Å². The molecule has 0 aromatic carbocycles. The molecule has 3 N–H and O–H groups in total. The molecule has 2 atom stereocenters. The van der Waals surface area contributed by atoms with E-state index in [-0.39, 0.29) is 12.1 Å². The summed E-state index contributed by atoms with van der Waals surface area (Å²) in [4.78, 5) is 0. The molecule has 0 aromatic rings. The third-order valence-electron chi connectivity index (χ3n) is 3.17. The van der Waals surface area contributed by atoms with Crippen LogP contribution in [0.25, 0.3) is 0 Å². The Bertz CT molecular complexity index is 301. The van der Waals surface area contributed by atoms with Crippen LogP contribution in [0, 0.1) is 0 Å². The van der Waals surface area contributed by atoms with Gasteiger partial charge in [-0.15, -0.1) is 0 Å². The van der Waals surface area contributed by atoms with Crippen molar-refractivity contribution in [2.24, 2.45) is 5.73 Å². The van der Waals surface area contributed by atoms with E-state index in [0.717, 1.165) is 25.7 Å². The van der Waals surface area contributed by atoms with Gasteiger partial charge in [-0.2, -0.15) is 17.4 Å². The molecular formula is C10H23N3O2S. The normalized spacial score (nSPS) is 27.2. The number of nitrogens with two attached hydrogens (primary N) is 1. The SMILES string of the molecule is CCN(CC)S(=O)(=O)N[C@@H]1CCCC[C@H]1N. The first-order chi connectivity index (χ1) is 7.51. The van der Waals surface area contributed by atoms with Crippen molar-refractivity contribution in [2.75, 3.05) is 13.1 Å². The topological polar surface area (TPSA) is 75.4 Å². The van der Waals surface area contributed by atoms with Crippen LogP contribution in [0.5, 0.6) is 0 Å². The lowest BCUT2D eigenvalue weighted by atomic mass is 9.92. The molecule has 0 aliphatic heterocycles. The molecular weight excluding hydrogens is 226 g/mol. The molecule has 1 aliphatic carbocycles. The molecule has 96 valence electrons. The highest BCUT2D eigenvalue weighted by molar-refractivity contribution is 7.87. The molecule has 6 heteroatoms. The van der Waals surface area contributed by atoms with E-state index in [2.05, 4.69) is 4.72 Å². The van der Waals surface area contributed by atoms with E-state index in [1.807, 2.05) is 13.8 Å². The Kier molecular flexibility index (Phi) is 5.17. The van der Waals surface area contributed by atoms with Crippen LogP contribution in [0.3, 0.4) is 0 Å². The van der Waals surface area contributed by atoms with Crippen LogP contribution in [-0.4, -0.2) is 37.9 Å². The van der Waals surface area contributed by atoms with E-state index in [1.165, 1.54) is 4.31 Å². The molecule has 0 spiro atoms. The number of hydrogen-bond acceptors (Lipinski definition) is 3. The van der Waals surface area contributed by atoms with E-state index >= 15 is 0 Å². The lowest BCUT2D eigenvalue weighted by Gasteiger charge is -2.31. The van der Waals surface area contributed by atoms with Gasteiger partial charge in [-0.1, -0.05) is 26.7 Å². The number of rotatable bonds is 5. The van der Waals surface area contributed by atoms with E-state index in [1.54, 1.807) is 0 Å². The van der Waals surface area contributed by atoms with Gasteiger partial charge in [-0.3, -0.25) is 0 Å². The van der Waals surface area contributed by atoms with Crippen molar-refractivity contribution in [1.29, 1.82) is 0 Å². The number of nitrogens with one attached hydrogen (secondary N) is 1. The van der Waals surface area contributed by atoms with Gasteiger partial charge in [0.2, 0.25) is 0 Å². The summed E-state index contributed by atoms with van der Waals surface area (Å²) in [7, 11) is -3.35. The zero-order chi connectivity index (χ0) is 12.2. The molecule has 1 aliphatic rings. The van der Waals surface area contributed by atoms with Crippen molar-refractivity contribution in [2.45, 2.75) is 51.6 Å².